The Labute approximate surface area is 129 Å². The molecule has 0 radical (unpaired) electrons. The molecule has 0 fully saturated rings. The zero-order valence-corrected chi connectivity index (χ0v) is 13.7. The molecule has 0 saturated carbocycles. The molecule has 19 heavy (non-hydrogen) atoms. The van der Waals surface area contributed by atoms with Crippen molar-refractivity contribution in [1.82, 2.24) is 5.32 Å². The lowest BCUT2D eigenvalue weighted by atomic mass is 10.2. The standard InChI is InChI=1S/C14H15BrFNS2/c1-17-11(8-14-13(15)5-6-18-14)9-19-12-4-2-3-10(16)7-12/h2-7,11,17H,8-9H2,1H3. The fourth-order valence-electron chi connectivity index (χ4n) is 1.69. The number of hydrogen-bond donors (Lipinski definition) is 1. The van der Waals surface area contributed by atoms with E-state index < -0.39 is 0 Å². The molecule has 0 bridgehead atoms. The summed E-state index contributed by atoms with van der Waals surface area (Å²) in [6.45, 7) is 0. The van der Waals surface area contributed by atoms with Gasteiger partial charge in [-0.2, -0.15) is 0 Å². The SMILES string of the molecule is CNC(CSc1cccc(F)c1)Cc1sccc1Br. The van der Waals surface area contributed by atoms with E-state index in [4.69, 9.17) is 0 Å². The van der Waals surface area contributed by atoms with Crippen molar-refractivity contribution >= 4 is 39.0 Å². The lowest BCUT2D eigenvalue weighted by molar-refractivity contribution is 0.618. The Morgan fingerprint density at radius 2 is 2.26 bits per heavy atom. The number of hydrogen-bond acceptors (Lipinski definition) is 3. The van der Waals surface area contributed by atoms with Crippen molar-refractivity contribution in [3.63, 3.8) is 0 Å². The normalized spacial score (nSPS) is 12.6. The van der Waals surface area contributed by atoms with E-state index in [1.165, 1.54) is 15.4 Å². The molecule has 0 amide bonds. The van der Waals surface area contributed by atoms with Crippen LogP contribution >= 0.6 is 39.0 Å². The topological polar surface area (TPSA) is 12.0 Å². The minimum atomic E-state index is -0.174. The van der Waals surface area contributed by atoms with Crippen molar-refractivity contribution in [2.45, 2.75) is 17.4 Å². The first kappa shape index (κ1) is 15.0. The molecular formula is C14H15BrFNS2. The van der Waals surface area contributed by atoms with Gasteiger partial charge in [-0.15, -0.1) is 23.1 Å². The van der Waals surface area contributed by atoms with Crippen LogP contribution in [0.5, 0.6) is 0 Å². The molecule has 1 atom stereocenters. The Bertz CT molecular complexity index is 530. The predicted octanol–water partition coefficient (Wildman–Crippen LogP) is 4.57. The monoisotopic (exact) mass is 359 g/mol. The van der Waals surface area contributed by atoms with E-state index in [0.29, 0.717) is 6.04 Å². The third-order valence-corrected chi connectivity index (χ3v) is 5.88. The van der Waals surface area contributed by atoms with Gasteiger partial charge in [0.2, 0.25) is 0 Å². The number of thioether (sulfide) groups is 1. The highest BCUT2D eigenvalue weighted by Crippen LogP contribution is 2.26. The van der Waals surface area contributed by atoms with E-state index in [-0.39, 0.29) is 5.82 Å². The number of likely N-dealkylation sites (N-methyl/N-ethyl adjacent to an activating group) is 1. The van der Waals surface area contributed by atoms with Crippen LogP contribution in [0.25, 0.3) is 0 Å². The fraction of sp³-hybridized carbons (Fsp3) is 0.286. The molecule has 0 aliphatic carbocycles. The third kappa shape index (κ3) is 4.60. The summed E-state index contributed by atoms with van der Waals surface area (Å²) in [6, 6.07) is 9.21. The van der Waals surface area contributed by atoms with Gasteiger partial charge in [0.15, 0.2) is 0 Å². The molecule has 1 aromatic carbocycles. The summed E-state index contributed by atoms with van der Waals surface area (Å²) in [7, 11) is 1.97. The zero-order chi connectivity index (χ0) is 13.7. The highest BCUT2D eigenvalue weighted by Gasteiger charge is 2.11. The van der Waals surface area contributed by atoms with Crippen molar-refractivity contribution in [3.8, 4) is 0 Å². The highest BCUT2D eigenvalue weighted by molar-refractivity contribution is 9.10. The number of halogens is 2. The summed E-state index contributed by atoms with van der Waals surface area (Å²) in [4.78, 5) is 2.32. The van der Waals surface area contributed by atoms with Crippen LogP contribution in [0.1, 0.15) is 4.88 Å². The summed E-state index contributed by atoms with van der Waals surface area (Å²) >= 11 is 7.00. The number of rotatable bonds is 6. The number of nitrogens with one attached hydrogen (secondary N) is 1. The van der Waals surface area contributed by atoms with Crippen molar-refractivity contribution in [3.05, 3.63) is 50.9 Å². The molecule has 1 N–H and O–H groups in total. The average Bonchev–Trinajstić information content (AvgIpc) is 2.80. The Kier molecular flexibility index (Phi) is 5.88. The van der Waals surface area contributed by atoms with E-state index in [2.05, 4.69) is 32.7 Å². The molecule has 0 aliphatic rings. The lowest BCUT2D eigenvalue weighted by Gasteiger charge is -2.15. The molecule has 2 aromatic rings. The third-order valence-electron chi connectivity index (χ3n) is 2.78. The zero-order valence-electron chi connectivity index (χ0n) is 10.5. The molecule has 1 heterocycles. The van der Waals surface area contributed by atoms with Crippen molar-refractivity contribution in [2.24, 2.45) is 0 Å². The molecule has 0 saturated heterocycles. The van der Waals surface area contributed by atoms with Gasteiger partial charge in [0.1, 0.15) is 5.82 Å². The average molecular weight is 360 g/mol. The van der Waals surface area contributed by atoms with E-state index in [1.54, 1.807) is 35.2 Å². The first-order valence-corrected chi connectivity index (χ1v) is 8.62. The Balaban J connectivity index is 1.91. The van der Waals surface area contributed by atoms with Crippen LogP contribution in [0, 0.1) is 5.82 Å². The van der Waals surface area contributed by atoms with Crippen LogP contribution in [0.3, 0.4) is 0 Å². The molecule has 1 unspecified atom stereocenters. The summed E-state index contributed by atoms with van der Waals surface area (Å²) < 4.78 is 14.3. The molecule has 102 valence electrons. The Morgan fingerprint density at radius 3 is 2.89 bits per heavy atom. The van der Waals surface area contributed by atoms with Gasteiger partial charge in [-0.1, -0.05) is 6.07 Å². The van der Waals surface area contributed by atoms with E-state index in [1.807, 2.05) is 13.1 Å². The van der Waals surface area contributed by atoms with Crippen LogP contribution in [0.15, 0.2) is 45.1 Å². The Morgan fingerprint density at radius 1 is 1.42 bits per heavy atom. The summed E-state index contributed by atoms with van der Waals surface area (Å²) in [5.74, 6) is 0.747. The summed E-state index contributed by atoms with van der Waals surface area (Å²) in [5.41, 5.74) is 0. The molecule has 1 nitrogen and oxygen atoms in total. The fourth-order valence-corrected chi connectivity index (χ4v) is 4.34. The number of thiophene rings is 1. The first-order chi connectivity index (χ1) is 9.19. The lowest BCUT2D eigenvalue weighted by Crippen LogP contribution is -2.29. The molecule has 1 aromatic heterocycles. The Hall–Kier alpha value is -0.360. The quantitative estimate of drug-likeness (QED) is 0.758. The van der Waals surface area contributed by atoms with Gasteiger partial charge in [-0.05, 0) is 59.0 Å². The van der Waals surface area contributed by atoms with Gasteiger partial charge in [-0.3, -0.25) is 0 Å². The van der Waals surface area contributed by atoms with E-state index in [0.717, 1.165) is 17.1 Å². The van der Waals surface area contributed by atoms with Crippen LogP contribution in [0.4, 0.5) is 4.39 Å². The maximum absolute atomic E-state index is 13.1. The maximum Gasteiger partial charge on any atom is 0.124 e. The second kappa shape index (κ2) is 7.43. The molecule has 5 heteroatoms. The van der Waals surface area contributed by atoms with Gasteiger partial charge >= 0.3 is 0 Å². The van der Waals surface area contributed by atoms with Crippen LogP contribution in [-0.2, 0) is 6.42 Å². The van der Waals surface area contributed by atoms with Gasteiger partial charge in [0.05, 0.1) is 0 Å². The molecule has 2 rings (SSSR count). The van der Waals surface area contributed by atoms with Crippen molar-refractivity contribution < 1.29 is 4.39 Å². The van der Waals surface area contributed by atoms with Crippen molar-refractivity contribution in [2.75, 3.05) is 12.8 Å². The molecule has 0 aliphatic heterocycles. The maximum atomic E-state index is 13.1. The van der Waals surface area contributed by atoms with Crippen LogP contribution < -0.4 is 5.32 Å². The molecule has 0 spiro atoms. The number of benzene rings is 1. The van der Waals surface area contributed by atoms with Crippen LogP contribution in [0.2, 0.25) is 0 Å². The molecular weight excluding hydrogens is 345 g/mol. The smallest absolute Gasteiger partial charge is 0.124 e. The van der Waals surface area contributed by atoms with Gasteiger partial charge in [-0.25, -0.2) is 4.39 Å². The van der Waals surface area contributed by atoms with Crippen molar-refractivity contribution in [1.29, 1.82) is 0 Å². The van der Waals surface area contributed by atoms with E-state index in [9.17, 15) is 4.39 Å². The minimum absolute atomic E-state index is 0.174. The largest absolute Gasteiger partial charge is 0.316 e. The van der Waals surface area contributed by atoms with Gasteiger partial charge in [0, 0.05) is 26.0 Å². The predicted molar refractivity (Wildman–Crippen MR) is 85.7 cm³/mol. The van der Waals surface area contributed by atoms with Crippen LogP contribution in [-0.4, -0.2) is 18.8 Å². The minimum Gasteiger partial charge on any atom is -0.316 e. The second-order valence-corrected chi connectivity index (χ2v) is 7.10. The van der Waals surface area contributed by atoms with Gasteiger partial charge in [0.25, 0.3) is 0 Å². The van der Waals surface area contributed by atoms with E-state index >= 15 is 0 Å². The summed E-state index contributed by atoms with van der Waals surface area (Å²) in [6.07, 6.45) is 0.983. The summed E-state index contributed by atoms with van der Waals surface area (Å²) in [5, 5.41) is 5.41. The second-order valence-electron chi connectivity index (χ2n) is 4.15. The highest BCUT2D eigenvalue weighted by atomic mass is 79.9. The first-order valence-electron chi connectivity index (χ1n) is 5.96. The van der Waals surface area contributed by atoms with Gasteiger partial charge < -0.3 is 5.32 Å².